The minimum absolute atomic E-state index is 0. The number of aryl methyl sites for hydroxylation is 2. The maximum atomic E-state index is 10.9. The molecule has 140 valence electrons. The molecule has 24 heavy (non-hydrogen) atoms. The Bertz CT molecular complexity index is 619. The molecule has 1 fully saturated rings. The van der Waals surface area contributed by atoms with Crippen LogP contribution in [0.3, 0.4) is 0 Å². The van der Waals surface area contributed by atoms with Crippen LogP contribution < -0.4 is 10.5 Å². The molecule has 0 aromatic heterocycles. The van der Waals surface area contributed by atoms with Crippen LogP contribution in [0.25, 0.3) is 0 Å². The van der Waals surface area contributed by atoms with Crippen molar-refractivity contribution in [1.82, 2.24) is 4.72 Å². The summed E-state index contributed by atoms with van der Waals surface area (Å²) in [5.74, 6) is 0. The van der Waals surface area contributed by atoms with Crippen LogP contribution in [0.2, 0.25) is 0 Å². The Kier molecular flexibility index (Phi) is 9.89. The maximum absolute atomic E-state index is 10.9. The van der Waals surface area contributed by atoms with Crippen LogP contribution in [0.5, 0.6) is 0 Å². The second-order valence-corrected chi connectivity index (χ2v) is 8.61. The van der Waals surface area contributed by atoms with Crippen LogP contribution in [0, 0.1) is 34.6 Å². The third kappa shape index (κ3) is 7.30. The summed E-state index contributed by atoms with van der Waals surface area (Å²) in [5, 5.41) is 0. The van der Waals surface area contributed by atoms with Crippen LogP contribution in [0.15, 0.2) is 6.07 Å². The van der Waals surface area contributed by atoms with Gasteiger partial charge in [-0.15, -0.1) is 0 Å². The van der Waals surface area contributed by atoms with Crippen molar-refractivity contribution < 1.29 is 27.9 Å². The summed E-state index contributed by atoms with van der Waals surface area (Å²) < 4.78 is 24.3. The molecule has 1 saturated carbocycles. The normalized spacial score (nSPS) is 20.6. The molecule has 0 radical (unpaired) electrons. The first kappa shape index (κ1) is 23.7. The molecule has 4 nitrogen and oxygen atoms in total. The van der Waals surface area contributed by atoms with Gasteiger partial charge in [-0.3, -0.25) is 0 Å². The summed E-state index contributed by atoms with van der Waals surface area (Å²) in [6.07, 6.45) is 5.15. The first-order valence-electron chi connectivity index (χ1n) is 8.29. The topological polar surface area (TPSA) is 72.2 Å². The average molecular weight is 442 g/mol. The van der Waals surface area contributed by atoms with Crippen molar-refractivity contribution in [3.63, 3.8) is 0 Å². The Balaban J connectivity index is 0.000000425. The van der Waals surface area contributed by atoms with E-state index < -0.39 is 10.0 Å². The fraction of sp³-hybridized carbons (Fsp3) is 0.667. The number of hydrogen-bond acceptors (Lipinski definition) is 3. The first-order chi connectivity index (χ1) is 10.5. The molecule has 0 heterocycles. The van der Waals surface area contributed by atoms with Gasteiger partial charge in [0.05, 0.1) is 6.26 Å². The number of nitrogens with one attached hydrogen (secondary N) is 1. The van der Waals surface area contributed by atoms with Crippen molar-refractivity contribution >= 4 is 10.0 Å². The molecule has 1 aromatic rings. The van der Waals surface area contributed by atoms with E-state index in [1.807, 2.05) is 0 Å². The van der Waals surface area contributed by atoms with Gasteiger partial charge in [-0.05, 0) is 75.3 Å². The van der Waals surface area contributed by atoms with E-state index >= 15 is 0 Å². The molecule has 0 saturated heterocycles. The van der Waals surface area contributed by atoms with Gasteiger partial charge < -0.3 is 5.73 Å². The molecule has 0 bridgehead atoms. The van der Waals surface area contributed by atoms with Crippen molar-refractivity contribution in [3.8, 4) is 0 Å². The molecule has 0 amide bonds. The summed E-state index contributed by atoms with van der Waals surface area (Å²) in [5.41, 5.74) is 12.9. The van der Waals surface area contributed by atoms with Crippen molar-refractivity contribution in [2.45, 2.75) is 72.4 Å². The third-order valence-electron chi connectivity index (χ3n) is 4.93. The van der Waals surface area contributed by atoms with E-state index in [1.165, 1.54) is 34.1 Å². The average Bonchev–Trinajstić information content (AvgIpc) is 2.45. The second-order valence-electron chi connectivity index (χ2n) is 6.83. The van der Waals surface area contributed by atoms with Gasteiger partial charge in [-0.1, -0.05) is 18.9 Å². The molecule has 2 rings (SSSR count). The summed E-state index contributed by atoms with van der Waals surface area (Å²) in [6.45, 7) is 10.9. The Morgan fingerprint density at radius 1 is 0.958 bits per heavy atom. The van der Waals surface area contributed by atoms with E-state index in [0.29, 0.717) is 0 Å². The molecular formula is C18H32N2O2RuS. The number of hydrogen-bond donors (Lipinski definition) is 2. The maximum Gasteiger partial charge on any atom is 0.209 e. The van der Waals surface area contributed by atoms with Crippen LogP contribution in [-0.4, -0.2) is 26.8 Å². The minimum Gasteiger partial charge on any atom is -0.326 e. The standard InChI is InChI=1S/C11H16.C7H16N2O2S.Ru/c1-7-6-8(2)10(4)11(5)9(7)3;1-12(10,11)9-7-5-3-2-4-6(7)8;/h6H,1-5H3;6-7,9H,2-5,8H2,1H3;/t;6-,7-;/m.1./s1. The Hall–Kier alpha value is -0.287. The molecule has 1 aliphatic rings. The van der Waals surface area contributed by atoms with Gasteiger partial charge >= 0.3 is 0 Å². The zero-order valence-corrected chi connectivity index (χ0v) is 18.3. The van der Waals surface area contributed by atoms with Crippen molar-refractivity contribution in [2.75, 3.05) is 6.26 Å². The smallest absolute Gasteiger partial charge is 0.209 e. The van der Waals surface area contributed by atoms with Gasteiger partial charge in [0.25, 0.3) is 0 Å². The Morgan fingerprint density at radius 3 is 1.83 bits per heavy atom. The fourth-order valence-electron chi connectivity index (χ4n) is 2.99. The summed E-state index contributed by atoms with van der Waals surface area (Å²) in [6, 6.07) is 2.21. The predicted molar refractivity (Wildman–Crippen MR) is 98.3 cm³/mol. The first-order valence-corrected chi connectivity index (χ1v) is 10.2. The summed E-state index contributed by atoms with van der Waals surface area (Å²) >= 11 is 0. The number of nitrogens with two attached hydrogens (primary N) is 1. The van der Waals surface area contributed by atoms with E-state index in [0.717, 1.165) is 25.7 Å². The Morgan fingerprint density at radius 2 is 1.42 bits per heavy atom. The largest absolute Gasteiger partial charge is 0.326 e. The van der Waals surface area contributed by atoms with Crippen LogP contribution in [0.1, 0.15) is 53.5 Å². The van der Waals surface area contributed by atoms with E-state index in [1.54, 1.807) is 0 Å². The van der Waals surface area contributed by atoms with Crippen LogP contribution in [0.4, 0.5) is 0 Å². The molecular weight excluding hydrogens is 409 g/mol. The minimum atomic E-state index is -3.09. The van der Waals surface area contributed by atoms with Gasteiger partial charge in [-0.25, -0.2) is 13.1 Å². The molecule has 0 aliphatic heterocycles. The molecule has 0 spiro atoms. The molecule has 0 unspecified atom stereocenters. The SMILES string of the molecule is CS(=O)(=O)N[C@@H]1CCCC[C@H]1N.Cc1cc(C)c(C)c(C)c1C.[Ru]. The monoisotopic (exact) mass is 442 g/mol. The second kappa shape index (κ2) is 10.0. The van der Waals surface area contributed by atoms with E-state index in [4.69, 9.17) is 5.73 Å². The van der Waals surface area contributed by atoms with Crippen molar-refractivity contribution in [2.24, 2.45) is 5.73 Å². The van der Waals surface area contributed by atoms with Crippen LogP contribution in [-0.2, 0) is 29.5 Å². The zero-order valence-electron chi connectivity index (χ0n) is 15.7. The number of sulfonamides is 1. The van der Waals surface area contributed by atoms with Gasteiger partial charge in [0.1, 0.15) is 0 Å². The summed E-state index contributed by atoms with van der Waals surface area (Å²) in [4.78, 5) is 0. The van der Waals surface area contributed by atoms with E-state index in [2.05, 4.69) is 45.4 Å². The molecule has 6 heteroatoms. The summed E-state index contributed by atoms with van der Waals surface area (Å²) in [7, 11) is -3.09. The zero-order chi connectivity index (χ0) is 17.8. The molecule has 1 aliphatic carbocycles. The molecule has 3 N–H and O–H groups in total. The van der Waals surface area contributed by atoms with Gasteiger partial charge in [0.2, 0.25) is 10.0 Å². The Labute approximate surface area is 160 Å². The van der Waals surface area contributed by atoms with Crippen molar-refractivity contribution in [3.05, 3.63) is 33.9 Å². The third-order valence-corrected chi connectivity index (χ3v) is 5.66. The van der Waals surface area contributed by atoms with Crippen molar-refractivity contribution in [1.29, 1.82) is 0 Å². The quantitative estimate of drug-likeness (QED) is 0.693. The fourth-order valence-corrected chi connectivity index (χ4v) is 3.84. The van der Waals surface area contributed by atoms with E-state index in [-0.39, 0.29) is 31.6 Å². The van der Waals surface area contributed by atoms with Crippen LogP contribution >= 0.6 is 0 Å². The van der Waals surface area contributed by atoms with Gasteiger partial charge in [0.15, 0.2) is 0 Å². The number of rotatable bonds is 2. The number of benzene rings is 1. The predicted octanol–water partition coefficient (Wildman–Crippen LogP) is 3.03. The molecule has 1 aromatic carbocycles. The van der Waals surface area contributed by atoms with Gasteiger partial charge in [-0.2, -0.15) is 0 Å². The van der Waals surface area contributed by atoms with E-state index in [9.17, 15) is 8.42 Å². The molecule has 2 atom stereocenters. The van der Waals surface area contributed by atoms with Gasteiger partial charge in [0, 0.05) is 31.6 Å².